The minimum absolute atomic E-state index is 0.0465. The summed E-state index contributed by atoms with van der Waals surface area (Å²) in [4.78, 5) is 26.8. The number of alkyl halides is 3. The number of hydrogen-bond donors (Lipinski definition) is 0. The number of anilines is 1. The number of likely N-dealkylation sites (tertiary alicyclic amines) is 1. The van der Waals surface area contributed by atoms with E-state index in [-0.39, 0.29) is 17.9 Å². The number of carbonyl (C=O) groups excluding carboxylic acids is 1. The van der Waals surface area contributed by atoms with Gasteiger partial charge >= 0.3 is 6.18 Å². The molecule has 0 bridgehead atoms. The number of aromatic nitrogens is 2. The molecule has 2 fully saturated rings. The zero-order valence-electron chi connectivity index (χ0n) is 20.4. The van der Waals surface area contributed by atoms with Crippen LogP contribution in [-0.2, 0) is 6.18 Å². The lowest BCUT2D eigenvalue weighted by atomic mass is 9.89. The monoisotopic (exact) mass is 514 g/mol. The van der Waals surface area contributed by atoms with Gasteiger partial charge in [-0.05, 0) is 47.0 Å². The van der Waals surface area contributed by atoms with Crippen LogP contribution in [0.5, 0.6) is 0 Å². The topological polar surface area (TPSA) is 49.3 Å². The lowest BCUT2D eigenvalue weighted by Crippen LogP contribution is -2.36. The van der Waals surface area contributed by atoms with Gasteiger partial charge in [-0.2, -0.15) is 13.2 Å². The van der Waals surface area contributed by atoms with Crippen molar-refractivity contribution in [1.82, 2.24) is 14.9 Å². The van der Waals surface area contributed by atoms with Gasteiger partial charge in [0.1, 0.15) is 0 Å². The van der Waals surface area contributed by atoms with E-state index in [1.54, 1.807) is 42.7 Å². The smallest absolute Gasteiger partial charge is 0.340 e. The number of amides is 1. The summed E-state index contributed by atoms with van der Waals surface area (Å²) in [5, 5.41) is 0. The minimum Gasteiger partial charge on any atom is -0.340 e. The third-order valence-electron chi connectivity index (χ3n) is 7.58. The standard InChI is InChI=1S/C30H25F3N4O/c31-30(32,33)25-13-11-21(12-14-25)20-7-9-23(10-8-20)28(38)37-18-24-17-36(29-34-15-4-16-35-29)19-26(24)27(37)22-5-2-1-3-6-22/h1-16,24,26-27H,17-19H2. The molecule has 2 aliphatic heterocycles. The van der Waals surface area contributed by atoms with E-state index in [1.165, 1.54) is 12.1 Å². The fourth-order valence-corrected chi connectivity index (χ4v) is 5.77. The summed E-state index contributed by atoms with van der Waals surface area (Å²) in [6.07, 6.45) is -0.881. The second-order valence-electron chi connectivity index (χ2n) is 9.84. The average Bonchev–Trinajstić information content (AvgIpc) is 3.52. The lowest BCUT2D eigenvalue weighted by Gasteiger charge is -2.30. The first-order valence-electron chi connectivity index (χ1n) is 12.5. The van der Waals surface area contributed by atoms with Gasteiger partial charge in [0.05, 0.1) is 11.6 Å². The van der Waals surface area contributed by atoms with E-state index in [1.807, 2.05) is 23.1 Å². The Morgan fingerprint density at radius 1 is 0.763 bits per heavy atom. The molecular weight excluding hydrogens is 489 g/mol. The van der Waals surface area contributed by atoms with Crippen LogP contribution in [0.1, 0.15) is 27.5 Å². The highest BCUT2D eigenvalue weighted by molar-refractivity contribution is 5.95. The van der Waals surface area contributed by atoms with Crippen molar-refractivity contribution in [3.63, 3.8) is 0 Å². The molecule has 6 rings (SSSR count). The molecule has 3 heterocycles. The third-order valence-corrected chi connectivity index (χ3v) is 7.58. The van der Waals surface area contributed by atoms with Crippen molar-refractivity contribution in [2.45, 2.75) is 12.2 Å². The molecular formula is C30H25F3N4O. The summed E-state index contributed by atoms with van der Waals surface area (Å²) >= 11 is 0. The van der Waals surface area contributed by atoms with E-state index in [2.05, 4.69) is 27.0 Å². The largest absolute Gasteiger partial charge is 0.416 e. The molecule has 4 aromatic rings. The number of fused-ring (bicyclic) bond motifs is 1. The summed E-state index contributed by atoms with van der Waals surface area (Å²) in [7, 11) is 0. The fourth-order valence-electron chi connectivity index (χ4n) is 5.77. The van der Waals surface area contributed by atoms with E-state index in [0.29, 0.717) is 29.5 Å². The zero-order valence-corrected chi connectivity index (χ0v) is 20.4. The van der Waals surface area contributed by atoms with E-state index >= 15 is 0 Å². The number of nitrogens with zero attached hydrogens (tertiary/aromatic N) is 4. The Balaban J connectivity index is 1.24. The second kappa shape index (κ2) is 9.59. The van der Waals surface area contributed by atoms with Crippen LogP contribution in [0, 0.1) is 11.8 Å². The van der Waals surface area contributed by atoms with Crippen LogP contribution >= 0.6 is 0 Å². The highest BCUT2D eigenvalue weighted by Gasteiger charge is 2.49. The normalized spacial score (nSPS) is 21.0. The molecule has 3 atom stereocenters. The number of hydrogen-bond acceptors (Lipinski definition) is 4. The van der Waals surface area contributed by atoms with Crippen LogP contribution in [0.25, 0.3) is 11.1 Å². The van der Waals surface area contributed by atoms with Crippen LogP contribution in [0.3, 0.4) is 0 Å². The maximum atomic E-state index is 13.8. The highest BCUT2D eigenvalue weighted by Crippen LogP contribution is 2.46. The van der Waals surface area contributed by atoms with Gasteiger partial charge in [-0.15, -0.1) is 0 Å². The Bertz CT molecular complexity index is 1410. The number of carbonyl (C=O) groups is 1. The zero-order chi connectivity index (χ0) is 26.3. The van der Waals surface area contributed by atoms with Gasteiger partial charge < -0.3 is 9.80 Å². The Hall–Kier alpha value is -4.20. The molecule has 192 valence electrons. The molecule has 3 unspecified atom stereocenters. The van der Waals surface area contributed by atoms with Crippen LogP contribution in [-0.4, -0.2) is 40.4 Å². The van der Waals surface area contributed by atoms with Crippen LogP contribution in [0.15, 0.2) is 97.3 Å². The van der Waals surface area contributed by atoms with Crippen LogP contribution < -0.4 is 4.90 Å². The molecule has 1 aromatic heterocycles. The molecule has 38 heavy (non-hydrogen) atoms. The average molecular weight is 515 g/mol. The molecule has 0 aliphatic carbocycles. The molecule has 0 spiro atoms. The summed E-state index contributed by atoms with van der Waals surface area (Å²) in [6.45, 7) is 2.19. The van der Waals surface area contributed by atoms with Gasteiger partial charge in [0.15, 0.2) is 0 Å². The Morgan fingerprint density at radius 3 is 2.03 bits per heavy atom. The van der Waals surface area contributed by atoms with Crippen molar-refractivity contribution < 1.29 is 18.0 Å². The molecule has 2 saturated heterocycles. The number of rotatable bonds is 4. The quantitative estimate of drug-likeness (QED) is 0.330. The van der Waals surface area contributed by atoms with Crippen molar-refractivity contribution in [2.75, 3.05) is 24.5 Å². The molecule has 0 radical (unpaired) electrons. The van der Waals surface area contributed by atoms with Crippen LogP contribution in [0.4, 0.5) is 19.1 Å². The van der Waals surface area contributed by atoms with Gasteiger partial charge in [0.2, 0.25) is 5.95 Å². The fraction of sp³-hybridized carbons (Fsp3) is 0.233. The van der Waals surface area contributed by atoms with Crippen LogP contribution in [0.2, 0.25) is 0 Å². The van der Waals surface area contributed by atoms with Crippen molar-refractivity contribution in [3.8, 4) is 11.1 Å². The van der Waals surface area contributed by atoms with Gasteiger partial charge in [0.25, 0.3) is 5.91 Å². The summed E-state index contributed by atoms with van der Waals surface area (Å²) in [5.41, 5.74) is 2.40. The Morgan fingerprint density at radius 2 is 1.39 bits per heavy atom. The maximum Gasteiger partial charge on any atom is 0.416 e. The third kappa shape index (κ3) is 4.51. The Kier molecular flexibility index (Phi) is 6.10. The van der Waals surface area contributed by atoms with Crippen molar-refractivity contribution in [3.05, 3.63) is 114 Å². The van der Waals surface area contributed by atoms with E-state index in [9.17, 15) is 18.0 Å². The molecule has 5 nitrogen and oxygen atoms in total. The van der Waals surface area contributed by atoms with Gasteiger partial charge in [0, 0.05) is 49.4 Å². The van der Waals surface area contributed by atoms with E-state index in [4.69, 9.17) is 0 Å². The second-order valence-corrected chi connectivity index (χ2v) is 9.84. The van der Waals surface area contributed by atoms with Crippen molar-refractivity contribution in [1.29, 1.82) is 0 Å². The molecule has 1 amide bonds. The number of halogens is 3. The summed E-state index contributed by atoms with van der Waals surface area (Å²) in [5.74, 6) is 1.20. The molecule has 3 aromatic carbocycles. The first-order chi connectivity index (χ1) is 18.4. The van der Waals surface area contributed by atoms with Gasteiger partial charge in [-0.1, -0.05) is 54.6 Å². The van der Waals surface area contributed by atoms with Crippen molar-refractivity contribution in [2.24, 2.45) is 11.8 Å². The first-order valence-corrected chi connectivity index (χ1v) is 12.5. The molecule has 8 heteroatoms. The van der Waals surface area contributed by atoms with E-state index in [0.717, 1.165) is 36.3 Å². The molecule has 2 aliphatic rings. The van der Waals surface area contributed by atoms with Gasteiger partial charge in [-0.25, -0.2) is 9.97 Å². The SMILES string of the molecule is O=C(c1ccc(-c2ccc(C(F)(F)F)cc2)cc1)N1CC2CN(c3ncccn3)CC2C1c1ccccc1. The number of benzene rings is 3. The lowest BCUT2D eigenvalue weighted by molar-refractivity contribution is -0.137. The molecule has 0 saturated carbocycles. The molecule has 0 N–H and O–H groups in total. The minimum atomic E-state index is -4.37. The van der Waals surface area contributed by atoms with E-state index < -0.39 is 11.7 Å². The first kappa shape index (κ1) is 24.2. The predicted molar refractivity (Wildman–Crippen MR) is 138 cm³/mol. The predicted octanol–water partition coefficient (Wildman–Crippen LogP) is 6.11. The maximum absolute atomic E-state index is 13.8. The highest BCUT2D eigenvalue weighted by atomic mass is 19.4. The van der Waals surface area contributed by atoms with Crippen molar-refractivity contribution >= 4 is 11.9 Å². The summed E-state index contributed by atoms with van der Waals surface area (Å²) < 4.78 is 38.7. The van der Waals surface area contributed by atoms with Gasteiger partial charge in [-0.3, -0.25) is 4.79 Å². The summed E-state index contributed by atoms with van der Waals surface area (Å²) in [6, 6.07) is 24.0. The Labute approximate surface area is 218 Å².